The molecule has 1 aromatic carbocycles. The molecule has 0 radical (unpaired) electrons. The van der Waals surface area contributed by atoms with Gasteiger partial charge in [-0.25, -0.2) is 4.99 Å². The summed E-state index contributed by atoms with van der Waals surface area (Å²) in [6.45, 7) is 6.04. The van der Waals surface area contributed by atoms with Gasteiger partial charge < -0.3 is 5.73 Å². The normalized spacial score (nSPS) is 12.6. The lowest BCUT2D eigenvalue weighted by molar-refractivity contribution is 0.585. The molecule has 0 spiro atoms. The Hall–Kier alpha value is -0.700. The summed E-state index contributed by atoms with van der Waals surface area (Å²) in [7, 11) is 0. The Labute approximate surface area is 124 Å². The zero-order valence-corrected chi connectivity index (χ0v) is 12.9. The molecule has 18 heavy (non-hydrogen) atoms. The largest absolute Gasteiger partial charge is 0.387 e. The third-order valence-electron chi connectivity index (χ3n) is 2.19. The molecule has 0 aliphatic rings. The Balaban J connectivity index is 0.00000289. The summed E-state index contributed by atoms with van der Waals surface area (Å²) in [6, 6.07) is 5.40. The first-order chi connectivity index (χ1) is 7.80. The van der Waals surface area contributed by atoms with Crippen LogP contribution in [0, 0.1) is 5.41 Å². The highest BCUT2D eigenvalue weighted by atomic mass is 35.5. The first-order valence-corrected chi connectivity index (χ1v) is 6.01. The van der Waals surface area contributed by atoms with Crippen LogP contribution in [0.15, 0.2) is 29.4 Å². The fourth-order valence-electron chi connectivity index (χ4n) is 1.01. The number of nitrogens with two attached hydrogens (primary N) is 1. The van der Waals surface area contributed by atoms with Gasteiger partial charge in [0.15, 0.2) is 0 Å². The Morgan fingerprint density at radius 1 is 1.22 bits per heavy atom. The van der Waals surface area contributed by atoms with Crippen LogP contribution in [0.3, 0.4) is 0 Å². The van der Waals surface area contributed by atoms with Gasteiger partial charge in [0.05, 0.1) is 10.0 Å². The van der Waals surface area contributed by atoms with E-state index in [1.165, 1.54) is 0 Å². The summed E-state index contributed by atoms with van der Waals surface area (Å²) in [5.41, 5.74) is 6.63. The molecule has 0 saturated heterocycles. The van der Waals surface area contributed by atoms with Crippen LogP contribution in [-0.2, 0) is 0 Å². The van der Waals surface area contributed by atoms with Crippen LogP contribution in [0.2, 0.25) is 10.0 Å². The van der Waals surface area contributed by atoms with Crippen LogP contribution in [0.5, 0.6) is 0 Å². The second-order valence-electron chi connectivity index (χ2n) is 4.75. The summed E-state index contributed by atoms with van der Waals surface area (Å²) in [4.78, 5) is 4.18. The highest BCUT2D eigenvalue weighted by Crippen LogP contribution is 2.23. The van der Waals surface area contributed by atoms with E-state index < -0.39 is 0 Å². The minimum Gasteiger partial charge on any atom is -0.387 e. The van der Waals surface area contributed by atoms with Crippen LogP contribution in [-0.4, -0.2) is 5.84 Å². The molecular formula is C13H17Cl3N2. The average Bonchev–Trinajstić information content (AvgIpc) is 2.22. The number of nitrogens with zero attached hydrogens (tertiary/aromatic N) is 1. The lowest BCUT2D eigenvalue weighted by atomic mass is 9.95. The topological polar surface area (TPSA) is 38.4 Å². The third-order valence-corrected chi connectivity index (χ3v) is 2.93. The number of rotatable bonds is 2. The van der Waals surface area contributed by atoms with E-state index >= 15 is 0 Å². The Morgan fingerprint density at radius 2 is 1.83 bits per heavy atom. The molecule has 0 saturated carbocycles. The van der Waals surface area contributed by atoms with Gasteiger partial charge >= 0.3 is 0 Å². The van der Waals surface area contributed by atoms with Crippen molar-refractivity contribution in [2.75, 3.05) is 0 Å². The summed E-state index contributed by atoms with van der Waals surface area (Å²) in [5.74, 6) is 0.591. The number of halogens is 3. The SMILES string of the molecule is CC(C)(C)C(N)=NC=Cc1ccc(Cl)c(Cl)c1.Cl. The molecule has 1 aromatic rings. The molecule has 0 aromatic heterocycles. The molecule has 2 nitrogen and oxygen atoms in total. The van der Waals surface area contributed by atoms with Gasteiger partial charge in [-0.05, 0) is 23.8 Å². The lowest BCUT2D eigenvalue weighted by Gasteiger charge is -2.16. The second kappa shape index (κ2) is 7.03. The number of hydrogen-bond acceptors (Lipinski definition) is 1. The molecule has 1 rings (SSSR count). The van der Waals surface area contributed by atoms with Crippen molar-refractivity contribution in [3.63, 3.8) is 0 Å². The van der Waals surface area contributed by atoms with Crippen LogP contribution in [0.1, 0.15) is 26.3 Å². The first-order valence-electron chi connectivity index (χ1n) is 5.26. The van der Waals surface area contributed by atoms with Gasteiger partial charge in [0.2, 0.25) is 0 Å². The van der Waals surface area contributed by atoms with E-state index in [1.807, 2.05) is 32.9 Å². The van der Waals surface area contributed by atoms with E-state index in [-0.39, 0.29) is 17.8 Å². The molecule has 5 heteroatoms. The van der Waals surface area contributed by atoms with E-state index in [2.05, 4.69) is 4.99 Å². The molecular weight excluding hydrogens is 291 g/mol. The summed E-state index contributed by atoms with van der Waals surface area (Å²) >= 11 is 11.7. The predicted molar refractivity (Wildman–Crippen MR) is 83.8 cm³/mol. The van der Waals surface area contributed by atoms with Crippen molar-refractivity contribution in [3.05, 3.63) is 40.0 Å². The van der Waals surface area contributed by atoms with Gasteiger partial charge in [-0.2, -0.15) is 0 Å². The molecule has 0 amide bonds. The van der Waals surface area contributed by atoms with Crippen molar-refractivity contribution >= 4 is 47.5 Å². The molecule has 0 aliphatic heterocycles. The highest BCUT2D eigenvalue weighted by Gasteiger charge is 2.14. The minimum absolute atomic E-state index is 0. The molecule has 0 bridgehead atoms. The zero-order chi connectivity index (χ0) is 13.1. The quantitative estimate of drug-likeness (QED) is 0.619. The summed E-state index contributed by atoms with van der Waals surface area (Å²) < 4.78 is 0. The van der Waals surface area contributed by atoms with Gasteiger partial charge in [0, 0.05) is 11.6 Å². The van der Waals surface area contributed by atoms with Gasteiger partial charge in [-0.1, -0.05) is 50.0 Å². The van der Waals surface area contributed by atoms with Crippen molar-refractivity contribution in [1.82, 2.24) is 0 Å². The second-order valence-corrected chi connectivity index (χ2v) is 5.57. The Bertz CT molecular complexity index is 460. The van der Waals surface area contributed by atoms with Gasteiger partial charge in [0.25, 0.3) is 0 Å². The molecule has 0 heterocycles. The highest BCUT2D eigenvalue weighted by molar-refractivity contribution is 6.42. The fraction of sp³-hybridized carbons (Fsp3) is 0.308. The van der Waals surface area contributed by atoms with Crippen molar-refractivity contribution in [2.24, 2.45) is 16.1 Å². The van der Waals surface area contributed by atoms with Gasteiger partial charge in [0.1, 0.15) is 5.84 Å². The molecule has 0 unspecified atom stereocenters. The van der Waals surface area contributed by atoms with Crippen molar-refractivity contribution in [3.8, 4) is 0 Å². The molecule has 0 atom stereocenters. The Kier molecular flexibility index (Phi) is 6.76. The molecule has 100 valence electrons. The van der Waals surface area contributed by atoms with E-state index in [4.69, 9.17) is 28.9 Å². The van der Waals surface area contributed by atoms with Gasteiger partial charge in [-0.3, -0.25) is 0 Å². The summed E-state index contributed by atoms with van der Waals surface area (Å²) in [5, 5.41) is 1.07. The number of hydrogen-bond donors (Lipinski definition) is 1. The Morgan fingerprint density at radius 3 is 2.33 bits per heavy atom. The standard InChI is InChI=1S/C13H16Cl2N2.ClH/c1-13(2,3)12(16)17-7-6-9-4-5-10(14)11(15)8-9;/h4-8H,1-3H3,(H2,16,17);1H. The third kappa shape index (κ3) is 5.30. The molecule has 2 N–H and O–H groups in total. The maximum absolute atomic E-state index is 5.90. The lowest BCUT2D eigenvalue weighted by Crippen LogP contribution is -2.28. The minimum atomic E-state index is -0.123. The average molecular weight is 308 g/mol. The maximum Gasteiger partial charge on any atom is 0.104 e. The van der Waals surface area contributed by atoms with E-state index in [0.717, 1.165) is 5.56 Å². The van der Waals surface area contributed by atoms with Crippen LogP contribution < -0.4 is 5.73 Å². The van der Waals surface area contributed by atoms with Crippen molar-refractivity contribution in [2.45, 2.75) is 20.8 Å². The summed E-state index contributed by atoms with van der Waals surface area (Å²) in [6.07, 6.45) is 3.50. The van der Waals surface area contributed by atoms with E-state index in [1.54, 1.807) is 18.3 Å². The smallest absolute Gasteiger partial charge is 0.104 e. The monoisotopic (exact) mass is 306 g/mol. The van der Waals surface area contributed by atoms with Crippen LogP contribution in [0.4, 0.5) is 0 Å². The maximum atomic E-state index is 5.90. The fourth-order valence-corrected chi connectivity index (χ4v) is 1.32. The first kappa shape index (κ1) is 17.3. The predicted octanol–water partition coefficient (Wildman–Crippen LogP) is 4.79. The molecule has 0 fully saturated rings. The van der Waals surface area contributed by atoms with E-state index in [9.17, 15) is 0 Å². The van der Waals surface area contributed by atoms with Crippen LogP contribution >= 0.6 is 35.6 Å². The van der Waals surface area contributed by atoms with E-state index in [0.29, 0.717) is 15.9 Å². The van der Waals surface area contributed by atoms with Crippen molar-refractivity contribution < 1.29 is 0 Å². The van der Waals surface area contributed by atoms with Crippen LogP contribution in [0.25, 0.3) is 6.08 Å². The van der Waals surface area contributed by atoms with Crippen molar-refractivity contribution in [1.29, 1.82) is 0 Å². The number of amidine groups is 1. The number of benzene rings is 1. The van der Waals surface area contributed by atoms with Gasteiger partial charge in [-0.15, -0.1) is 12.4 Å². The molecule has 0 aliphatic carbocycles. The number of aliphatic imine (C=N–C) groups is 1. The zero-order valence-electron chi connectivity index (χ0n) is 10.6.